The van der Waals surface area contributed by atoms with Gasteiger partial charge in [0.15, 0.2) is 0 Å². The molecule has 1 heterocycles. The molecule has 0 atom stereocenters. The molecule has 1 N–H and O–H groups in total. The molecule has 0 saturated carbocycles. The van der Waals surface area contributed by atoms with Crippen molar-refractivity contribution in [2.24, 2.45) is 0 Å². The lowest BCUT2D eigenvalue weighted by atomic mass is 10.3. The van der Waals surface area contributed by atoms with Crippen LogP contribution in [-0.4, -0.2) is 16.1 Å². The molecule has 17 heavy (non-hydrogen) atoms. The molecule has 90 valence electrons. The molecule has 0 amide bonds. The zero-order valence-corrected chi connectivity index (χ0v) is 10.5. The SMILES string of the molecule is Cc1ncsc1C(=O)Oc1ccc(O)cc1.Cl. The van der Waals surface area contributed by atoms with E-state index < -0.39 is 5.97 Å². The van der Waals surface area contributed by atoms with Gasteiger partial charge in [-0.3, -0.25) is 0 Å². The van der Waals surface area contributed by atoms with Crippen LogP contribution in [0, 0.1) is 6.92 Å². The minimum absolute atomic E-state index is 0. The third kappa shape index (κ3) is 3.18. The molecule has 4 nitrogen and oxygen atoms in total. The van der Waals surface area contributed by atoms with E-state index in [1.807, 2.05) is 0 Å². The number of benzene rings is 1. The highest BCUT2D eigenvalue weighted by atomic mass is 35.5. The number of phenolic OH excluding ortho intramolecular Hbond substituents is 1. The smallest absolute Gasteiger partial charge is 0.355 e. The number of nitrogens with zero attached hydrogens (tertiary/aromatic N) is 1. The third-order valence-corrected chi connectivity index (χ3v) is 2.89. The zero-order chi connectivity index (χ0) is 11.5. The molecular formula is C11H10ClNO3S. The summed E-state index contributed by atoms with van der Waals surface area (Å²) in [6.07, 6.45) is 0. The fourth-order valence-electron chi connectivity index (χ4n) is 1.17. The molecule has 0 fully saturated rings. The van der Waals surface area contributed by atoms with Crippen LogP contribution in [0.25, 0.3) is 0 Å². The van der Waals surface area contributed by atoms with Crippen LogP contribution in [0.1, 0.15) is 15.4 Å². The van der Waals surface area contributed by atoms with Crippen LogP contribution in [-0.2, 0) is 0 Å². The van der Waals surface area contributed by atoms with Crippen molar-refractivity contribution in [2.45, 2.75) is 6.92 Å². The van der Waals surface area contributed by atoms with Crippen molar-refractivity contribution < 1.29 is 14.6 Å². The van der Waals surface area contributed by atoms with Gasteiger partial charge in [0, 0.05) is 0 Å². The fraction of sp³-hybridized carbons (Fsp3) is 0.0909. The average Bonchev–Trinajstić information content (AvgIpc) is 2.68. The highest BCUT2D eigenvalue weighted by Gasteiger charge is 2.13. The topological polar surface area (TPSA) is 59.4 Å². The average molecular weight is 272 g/mol. The Morgan fingerprint density at radius 3 is 2.53 bits per heavy atom. The van der Waals surface area contributed by atoms with E-state index in [0.29, 0.717) is 16.3 Å². The lowest BCUT2D eigenvalue weighted by Gasteiger charge is -2.02. The van der Waals surface area contributed by atoms with Crippen molar-refractivity contribution in [2.75, 3.05) is 0 Å². The zero-order valence-electron chi connectivity index (χ0n) is 8.91. The monoisotopic (exact) mass is 271 g/mol. The molecule has 0 aliphatic rings. The molecule has 2 rings (SSSR count). The predicted octanol–water partition coefficient (Wildman–Crippen LogP) is 2.80. The summed E-state index contributed by atoms with van der Waals surface area (Å²) < 4.78 is 5.11. The number of hydrogen-bond acceptors (Lipinski definition) is 5. The summed E-state index contributed by atoms with van der Waals surface area (Å²) in [5, 5.41) is 9.07. The molecule has 0 unspecified atom stereocenters. The van der Waals surface area contributed by atoms with Gasteiger partial charge in [0.05, 0.1) is 11.2 Å². The van der Waals surface area contributed by atoms with E-state index >= 15 is 0 Å². The maximum atomic E-state index is 11.7. The van der Waals surface area contributed by atoms with E-state index in [0.717, 1.165) is 0 Å². The number of rotatable bonds is 2. The van der Waals surface area contributed by atoms with Gasteiger partial charge in [0.25, 0.3) is 0 Å². The lowest BCUT2D eigenvalue weighted by Crippen LogP contribution is -2.07. The Morgan fingerprint density at radius 1 is 1.35 bits per heavy atom. The van der Waals surface area contributed by atoms with Crippen LogP contribution in [0.15, 0.2) is 29.8 Å². The van der Waals surface area contributed by atoms with Gasteiger partial charge < -0.3 is 9.84 Å². The molecule has 0 saturated heterocycles. The van der Waals surface area contributed by atoms with Gasteiger partial charge in [-0.1, -0.05) is 0 Å². The summed E-state index contributed by atoms with van der Waals surface area (Å²) in [6.45, 7) is 1.75. The number of halogens is 1. The number of carbonyl (C=O) groups is 1. The van der Waals surface area contributed by atoms with Crippen molar-refractivity contribution >= 4 is 29.7 Å². The first-order chi connectivity index (χ1) is 7.66. The molecule has 0 radical (unpaired) electrons. The van der Waals surface area contributed by atoms with Gasteiger partial charge in [-0.15, -0.1) is 23.7 Å². The van der Waals surface area contributed by atoms with Gasteiger partial charge in [-0.2, -0.15) is 0 Å². The van der Waals surface area contributed by atoms with Gasteiger partial charge in [0.1, 0.15) is 16.4 Å². The van der Waals surface area contributed by atoms with Crippen LogP contribution in [0.4, 0.5) is 0 Å². The highest BCUT2D eigenvalue weighted by Crippen LogP contribution is 2.19. The van der Waals surface area contributed by atoms with Crippen molar-refractivity contribution in [3.05, 3.63) is 40.3 Å². The fourth-order valence-corrected chi connectivity index (χ4v) is 1.84. The molecule has 0 aliphatic heterocycles. The van der Waals surface area contributed by atoms with Gasteiger partial charge >= 0.3 is 5.97 Å². The summed E-state index contributed by atoms with van der Waals surface area (Å²) in [7, 11) is 0. The standard InChI is InChI=1S/C11H9NO3S.ClH/c1-7-10(16-6-12-7)11(14)15-9-4-2-8(13)3-5-9;/h2-6,13H,1H3;1H. The first kappa shape index (κ1) is 13.5. The molecule has 2 aromatic rings. The number of thiazole rings is 1. The number of carbonyl (C=O) groups excluding carboxylic acids is 1. The lowest BCUT2D eigenvalue weighted by molar-refractivity contribution is 0.0738. The summed E-state index contributed by atoms with van der Waals surface area (Å²) in [6, 6.07) is 5.98. The maximum absolute atomic E-state index is 11.7. The Kier molecular flexibility index (Phi) is 4.48. The highest BCUT2D eigenvalue weighted by molar-refractivity contribution is 7.11. The quantitative estimate of drug-likeness (QED) is 0.674. The van der Waals surface area contributed by atoms with Crippen LogP contribution in [0.5, 0.6) is 11.5 Å². The van der Waals surface area contributed by atoms with Crippen LogP contribution in [0.3, 0.4) is 0 Å². The third-order valence-electron chi connectivity index (χ3n) is 1.98. The van der Waals surface area contributed by atoms with Gasteiger partial charge in [-0.05, 0) is 31.2 Å². The van der Waals surface area contributed by atoms with Crippen molar-refractivity contribution in [3.63, 3.8) is 0 Å². The number of hydrogen-bond donors (Lipinski definition) is 1. The molecule has 0 bridgehead atoms. The molecule has 0 aliphatic carbocycles. The Labute approximate surface area is 108 Å². The minimum Gasteiger partial charge on any atom is -0.508 e. The number of aryl methyl sites for hydroxylation is 1. The van der Waals surface area contributed by atoms with E-state index in [1.165, 1.54) is 35.6 Å². The molecule has 1 aromatic heterocycles. The van der Waals surface area contributed by atoms with Gasteiger partial charge in [0.2, 0.25) is 0 Å². The summed E-state index contributed by atoms with van der Waals surface area (Å²) in [5.74, 6) is 0.107. The minimum atomic E-state index is -0.425. The molecule has 0 spiro atoms. The van der Waals surface area contributed by atoms with E-state index in [4.69, 9.17) is 9.84 Å². The number of phenols is 1. The first-order valence-electron chi connectivity index (χ1n) is 4.58. The number of aromatic nitrogens is 1. The maximum Gasteiger partial charge on any atom is 0.355 e. The van der Waals surface area contributed by atoms with Gasteiger partial charge in [-0.25, -0.2) is 9.78 Å². The second-order valence-electron chi connectivity index (χ2n) is 3.15. The first-order valence-corrected chi connectivity index (χ1v) is 5.46. The number of ether oxygens (including phenoxy) is 1. The Bertz CT molecular complexity index is 510. The van der Waals surface area contributed by atoms with E-state index in [9.17, 15) is 4.79 Å². The molecular weight excluding hydrogens is 262 g/mol. The van der Waals surface area contributed by atoms with E-state index in [1.54, 1.807) is 12.4 Å². The van der Waals surface area contributed by atoms with Crippen LogP contribution < -0.4 is 4.74 Å². The van der Waals surface area contributed by atoms with Crippen molar-refractivity contribution in [3.8, 4) is 11.5 Å². The number of aromatic hydroxyl groups is 1. The van der Waals surface area contributed by atoms with Crippen LogP contribution >= 0.6 is 23.7 Å². The van der Waals surface area contributed by atoms with E-state index in [2.05, 4.69) is 4.98 Å². The van der Waals surface area contributed by atoms with E-state index in [-0.39, 0.29) is 18.2 Å². The summed E-state index contributed by atoms with van der Waals surface area (Å²) >= 11 is 1.25. The Balaban J connectivity index is 0.00000144. The van der Waals surface area contributed by atoms with Crippen molar-refractivity contribution in [1.29, 1.82) is 0 Å². The normalized spacial score (nSPS) is 9.47. The van der Waals surface area contributed by atoms with Crippen LogP contribution in [0.2, 0.25) is 0 Å². The largest absolute Gasteiger partial charge is 0.508 e. The predicted molar refractivity (Wildman–Crippen MR) is 67.2 cm³/mol. The second-order valence-corrected chi connectivity index (χ2v) is 4.01. The summed E-state index contributed by atoms with van der Waals surface area (Å²) in [5.41, 5.74) is 2.26. The second kappa shape index (κ2) is 5.65. The summed E-state index contributed by atoms with van der Waals surface area (Å²) in [4.78, 5) is 16.1. The Hall–Kier alpha value is -1.59. The Morgan fingerprint density at radius 2 is 2.00 bits per heavy atom. The molecule has 6 heteroatoms. The molecule has 1 aromatic carbocycles. The number of esters is 1. The van der Waals surface area contributed by atoms with Crippen molar-refractivity contribution in [1.82, 2.24) is 4.98 Å².